The van der Waals surface area contributed by atoms with Gasteiger partial charge in [-0.2, -0.15) is 5.26 Å². The predicted octanol–water partition coefficient (Wildman–Crippen LogP) is 4.51. The molecule has 0 aliphatic heterocycles. The van der Waals surface area contributed by atoms with Gasteiger partial charge in [0.25, 0.3) is 0 Å². The fourth-order valence-electron chi connectivity index (χ4n) is 2.28. The lowest BCUT2D eigenvalue weighted by Gasteiger charge is -2.12. The molecule has 0 amide bonds. The summed E-state index contributed by atoms with van der Waals surface area (Å²) in [7, 11) is 1.61. The molecule has 0 unspecified atom stereocenters. The van der Waals surface area contributed by atoms with Crippen LogP contribution in [0.25, 0.3) is 10.8 Å². The molecule has 0 heterocycles. The average molecular weight is 275 g/mol. The van der Waals surface area contributed by atoms with Crippen molar-refractivity contribution in [2.75, 3.05) is 7.11 Å². The van der Waals surface area contributed by atoms with Crippen LogP contribution in [0.5, 0.6) is 17.2 Å². The minimum atomic E-state index is 0.637. The first-order valence-electron chi connectivity index (χ1n) is 6.56. The van der Waals surface area contributed by atoms with E-state index in [2.05, 4.69) is 6.07 Å². The molecule has 0 bridgehead atoms. The second-order valence-corrected chi connectivity index (χ2v) is 4.52. The lowest BCUT2D eigenvalue weighted by atomic mass is 10.0. The summed E-state index contributed by atoms with van der Waals surface area (Å²) in [5, 5.41) is 11.0. The number of benzene rings is 3. The molecule has 0 radical (unpaired) electrons. The topological polar surface area (TPSA) is 42.2 Å². The van der Waals surface area contributed by atoms with Crippen molar-refractivity contribution in [2.24, 2.45) is 0 Å². The molecule has 0 N–H and O–H groups in total. The van der Waals surface area contributed by atoms with Crippen molar-refractivity contribution in [3.8, 4) is 23.3 Å². The van der Waals surface area contributed by atoms with Crippen molar-refractivity contribution >= 4 is 10.8 Å². The summed E-state index contributed by atoms with van der Waals surface area (Å²) in [6.07, 6.45) is 0. The van der Waals surface area contributed by atoms with Gasteiger partial charge in [0.1, 0.15) is 5.75 Å². The van der Waals surface area contributed by atoms with Gasteiger partial charge in [0, 0.05) is 10.8 Å². The van der Waals surface area contributed by atoms with Gasteiger partial charge in [-0.1, -0.05) is 36.4 Å². The molecule has 0 atom stereocenters. The van der Waals surface area contributed by atoms with Gasteiger partial charge < -0.3 is 9.47 Å². The number of rotatable bonds is 3. The molecule has 0 saturated carbocycles. The molecule has 102 valence electrons. The smallest absolute Gasteiger partial charge is 0.169 e. The Kier molecular flexibility index (Phi) is 3.44. The van der Waals surface area contributed by atoms with Crippen molar-refractivity contribution < 1.29 is 9.47 Å². The Labute approximate surface area is 123 Å². The summed E-state index contributed by atoms with van der Waals surface area (Å²) in [4.78, 5) is 0. The van der Waals surface area contributed by atoms with Crippen molar-refractivity contribution in [1.82, 2.24) is 0 Å². The van der Waals surface area contributed by atoms with Crippen molar-refractivity contribution in [3.05, 3.63) is 66.2 Å². The lowest BCUT2D eigenvalue weighted by molar-refractivity contribution is 0.380. The number of hydrogen-bond donors (Lipinski definition) is 0. The Morgan fingerprint density at radius 3 is 2.14 bits per heavy atom. The predicted molar refractivity (Wildman–Crippen MR) is 81.7 cm³/mol. The first-order chi connectivity index (χ1) is 10.3. The van der Waals surface area contributed by atoms with E-state index in [1.165, 1.54) is 0 Å². The first-order valence-corrected chi connectivity index (χ1v) is 6.56. The molecule has 3 heteroatoms. The van der Waals surface area contributed by atoms with Crippen LogP contribution in [0.3, 0.4) is 0 Å². The highest BCUT2D eigenvalue weighted by molar-refractivity contribution is 5.93. The van der Waals surface area contributed by atoms with Crippen molar-refractivity contribution in [1.29, 1.82) is 5.26 Å². The maximum Gasteiger partial charge on any atom is 0.169 e. The minimum absolute atomic E-state index is 0.637. The van der Waals surface area contributed by atoms with Crippen LogP contribution in [0.15, 0.2) is 60.7 Å². The molecule has 21 heavy (non-hydrogen) atoms. The molecule has 3 nitrogen and oxygen atoms in total. The number of methoxy groups -OCH3 is 1. The van der Waals surface area contributed by atoms with E-state index in [-0.39, 0.29) is 0 Å². The zero-order valence-electron chi connectivity index (χ0n) is 11.5. The molecule has 0 aliphatic carbocycles. The lowest BCUT2D eigenvalue weighted by Crippen LogP contribution is -1.91. The van der Waals surface area contributed by atoms with E-state index >= 15 is 0 Å². The maximum absolute atomic E-state index is 9.19. The molecular formula is C18H13NO2. The van der Waals surface area contributed by atoms with Crippen LogP contribution >= 0.6 is 0 Å². The van der Waals surface area contributed by atoms with Crippen LogP contribution in [-0.2, 0) is 0 Å². The van der Waals surface area contributed by atoms with E-state index < -0.39 is 0 Å². The van der Waals surface area contributed by atoms with E-state index in [0.717, 1.165) is 10.8 Å². The summed E-state index contributed by atoms with van der Waals surface area (Å²) in [6.45, 7) is 0. The van der Waals surface area contributed by atoms with Gasteiger partial charge in [-0.25, -0.2) is 0 Å². The normalized spacial score (nSPS) is 10.1. The Bertz CT molecular complexity index is 834. The number of fused-ring (bicyclic) bond motifs is 1. The number of nitrogens with zero attached hydrogens (tertiary/aromatic N) is 1. The van der Waals surface area contributed by atoms with E-state index in [1.54, 1.807) is 13.2 Å². The Morgan fingerprint density at radius 1 is 0.762 bits per heavy atom. The van der Waals surface area contributed by atoms with Crippen LogP contribution in [0.4, 0.5) is 0 Å². The summed E-state index contributed by atoms with van der Waals surface area (Å²) in [5.74, 6) is 2.02. The van der Waals surface area contributed by atoms with Crippen LogP contribution in [-0.4, -0.2) is 7.11 Å². The number of nitriles is 1. The third-order valence-electron chi connectivity index (χ3n) is 3.29. The molecule has 3 aromatic rings. The molecule has 3 rings (SSSR count). The number of ether oxygens (including phenoxy) is 2. The molecule has 0 spiro atoms. The maximum atomic E-state index is 9.19. The van der Waals surface area contributed by atoms with Crippen LogP contribution < -0.4 is 9.47 Å². The van der Waals surface area contributed by atoms with E-state index in [0.29, 0.717) is 22.8 Å². The highest BCUT2D eigenvalue weighted by atomic mass is 16.5. The van der Waals surface area contributed by atoms with Crippen molar-refractivity contribution in [3.63, 3.8) is 0 Å². The average Bonchev–Trinajstić information content (AvgIpc) is 2.55. The van der Waals surface area contributed by atoms with Gasteiger partial charge in [0.05, 0.1) is 18.7 Å². The SMILES string of the molecule is COc1ccccc1Oc1ccc(C#N)c2ccccc12. The Hall–Kier alpha value is -2.99. The fraction of sp³-hybridized carbons (Fsp3) is 0.0556. The third-order valence-corrected chi connectivity index (χ3v) is 3.29. The van der Waals surface area contributed by atoms with E-state index in [4.69, 9.17) is 9.47 Å². The second kappa shape index (κ2) is 5.56. The summed E-state index contributed by atoms with van der Waals surface area (Å²) >= 11 is 0. The van der Waals surface area contributed by atoms with Gasteiger partial charge in [0.2, 0.25) is 0 Å². The monoisotopic (exact) mass is 275 g/mol. The molecule has 0 saturated heterocycles. The Morgan fingerprint density at radius 2 is 1.43 bits per heavy atom. The molecular weight excluding hydrogens is 262 g/mol. The van der Waals surface area contributed by atoms with Crippen LogP contribution in [0, 0.1) is 11.3 Å². The third kappa shape index (κ3) is 2.39. The van der Waals surface area contributed by atoms with Crippen molar-refractivity contribution in [2.45, 2.75) is 0 Å². The van der Waals surface area contributed by atoms with E-state index in [1.807, 2.05) is 54.6 Å². The highest BCUT2D eigenvalue weighted by Crippen LogP contribution is 2.35. The molecule has 3 aromatic carbocycles. The van der Waals surface area contributed by atoms with Crippen LogP contribution in [0.2, 0.25) is 0 Å². The summed E-state index contributed by atoms with van der Waals surface area (Å²) in [6, 6.07) is 21.0. The Balaban J connectivity index is 2.12. The number of para-hydroxylation sites is 2. The standard InChI is InChI=1S/C18H13NO2/c1-20-17-8-4-5-9-18(17)21-16-11-10-13(12-19)14-6-2-3-7-15(14)16/h2-11H,1H3. The largest absolute Gasteiger partial charge is 0.493 e. The zero-order chi connectivity index (χ0) is 14.7. The molecule has 0 aromatic heterocycles. The van der Waals surface area contributed by atoms with E-state index in [9.17, 15) is 5.26 Å². The molecule has 0 aliphatic rings. The van der Waals surface area contributed by atoms with Gasteiger partial charge in [0.15, 0.2) is 11.5 Å². The van der Waals surface area contributed by atoms with Crippen LogP contribution in [0.1, 0.15) is 5.56 Å². The summed E-state index contributed by atoms with van der Waals surface area (Å²) in [5.41, 5.74) is 0.637. The fourth-order valence-corrected chi connectivity index (χ4v) is 2.28. The minimum Gasteiger partial charge on any atom is -0.493 e. The van der Waals surface area contributed by atoms with Gasteiger partial charge >= 0.3 is 0 Å². The highest BCUT2D eigenvalue weighted by Gasteiger charge is 2.09. The first kappa shape index (κ1) is 13.0. The number of hydrogen-bond acceptors (Lipinski definition) is 3. The zero-order valence-corrected chi connectivity index (χ0v) is 11.5. The van der Waals surface area contributed by atoms with Gasteiger partial charge in [-0.3, -0.25) is 0 Å². The van der Waals surface area contributed by atoms with Gasteiger partial charge in [-0.15, -0.1) is 0 Å². The second-order valence-electron chi connectivity index (χ2n) is 4.52. The van der Waals surface area contributed by atoms with Gasteiger partial charge in [-0.05, 0) is 24.3 Å². The quantitative estimate of drug-likeness (QED) is 0.706. The molecule has 0 fully saturated rings. The summed E-state index contributed by atoms with van der Waals surface area (Å²) < 4.78 is 11.3.